The third-order valence-corrected chi connectivity index (χ3v) is 3.06. The molecule has 0 saturated heterocycles. The first-order valence-corrected chi connectivity index (χ1v) is 5.76. The van der Waals surface area contributed by atoms with E-state index >= 15 is 0 Å². The lowest BCUT2D eigenvalue weighted by molar-refractivity contribution is 0.0256. The molecule has 3 N–H and O–H groups in total. The van der Waals surface area contributed by atoms with Crippen LogP contribution in [0.2, 0.25) is 0 Å². The fourth-order valence-corrected chi connectivity index (χ4v) is 1.89. The average molecular weight is 239 g/mol. The van der Waals surface area contributed by atoms with Crippen molar-refractivity contribution in [1.82, 2.24) is 0 Å². The van der Waals surface area contributed by atoms with Crippen molar-refractivity contribution in [2.75, 3.05) is 20.8 Å². The zero-order valence-electron chi connectivity index (χ0n) is 10.7. The molecule has 1 aromatic rings. The second kappa shape index (κ2) is 5.89. The first-order valence-electron chi connectivity index (χ1n) is 5.76. The molecule has 1 rings (SSSR count). The number of hydrogen-bond donors (Lipinski definition) is 2. The summed E-state index contributed by atoms with van der Waals surface area (Å²) in [5.74, 6) is 1.27. The summed E-state index contributed by atoms with van der Waals surface area (Å²) >= 11 is 0. The van der Waals surface area contributed by atoms with E-state index in [9.17, 15) is 5.11 Å². The van der Waals surface area contributed by atoms with Gasteiger partial charge in [0.05, 0.1) is 19.8 Å². The van der Waals surface area contributed by atoms with E-state index < -0.39 is 5.60 Å². The van der Waals surface area contributed by atoms with Crippen LogP contribution in [-0.2, 0) is 5.60 Å². The van der Waals surface area contributed by atoms with E-state index in [0.717, 1.165) is 5.56 Å². The second-order valence-electron chi connectivity index (χ2n) is 3.99. The first-order chi connectivity index (χ1) is 8.11. The van der Waals surface area contributed by atoms with Gasteiger partial charge in [0.2, 0.25) is 0 Å². The van der Waals surface area contributed by atoms with Gasteiger partial charge in [0.1, 0.15) is 0 Å². The number of ether oxygens (including phenoxy) is 2. The molecule has 0 saturated carbocycles. The van der Waals surface area contributed by atoms with Crippen LogP contribution in [0.25, 0.3) is 0 Å². The van der Waals surface area contributed by atoms with Gasteiger partial charge in [-0.2, -0.15) is 0 Å². The topological polar surface area (TPSA) is 64.7 Å². The average Bonchev–Trinajstić information content (AvgIpc) is 2.38. The summed E-state index contributed by atoms with van der Waals surface area (Å²) < 4.78 is 10.4. The lowest BCUT2D eigenvalue weighted by Crippen LogP contribution is -2.28. The predicted octanol–water partition coefficient (Wildman–Crippen LogP) is 1.65. The second-order valence-corrected chi connectivity index (χ2v) is 3.99. The SMILES string of the molecule is CCC(O)(CCN)c1ccc(OC)c(OC)c1. The van der Waals surface area contributed by atoms with E-state index in [1.807, 2.05) is 13.0 Å². The van der Waals surface area contributed by atoms with Crippen LogP contribution in [-0.4, -0.2) is 25.9 Å². The molecule has 0 aliphatic heterocycles. The summed E-state index contributed by atoms with van der Waals surface area (Å²) in [4.78, 5) is 0. The van der Waals surface area contributed by atoms with Crippen molar-refractivity contribution in [3.63, 3.8) is 0 Å². The molecule has 0 aromatic heterocycles. The molecule has 0 aliphatic rings. The monoisotopic (exact) mass is 239 g/mol. The summed E-state index contributed by atoms with van der Waals surface area (Å²) in [5.41, 5.74) is 5.45. The molecule has 1 unspecified atom stereocenters. The predicted molar refractivity (Wildman–Crippen MR) is 67.4 cm³/mol. The van der Waals surface area contributed by atoms with E-state index in [2.05, 4.69) is 0 Å². The molecule has 17 heavy (non-hydrogen) atoms. The Morgan fingerprint density at radius 2 is 1.88 bits per heavy atom. The molecule has 0 aliphatic carbocycles. The summed E-state index contributed by atoms with van der Waals surface area (Å²) in [6.07, 6.45) is 1.14. The molecule has 4 nitrogen and oxygen atoms in total. The van der Waals surface area contributed by atoms with Gasteiger partial charge in [0.25, 0.3) is 0 Å². The van der Waals surface area contributed by atoms with Gasteiger partial charge in [-0.25, -0.2) is 0 Å². The van der Waals surface area contributed by atoms with Crippen LogP contribution in [0.1, 0.15) is 25.3 Å². The van der Waals surface area contributed by atoms with Crippen molar-refractivity contribution in [2.24, 2.45) is 5.73 Å². The number of benzene rings is 1. The van der Waals surface area contributed by atoms with Crippen molar-refractivity contribution in [2.45, 2.75) is 25.4 Å². The Morgan fingerprint density at radius 1 is 1.24 bits per heavy atom. The van der Waals surface area contributed by atoms with E-state index in [-0.39, 0.29) is 0 Å². The number of nitrogens with two attached hydrogens (primary N) is 1. The van der Waals surface area contributed by atoms with Crippen LogP contribution in [0.15, 0.2) is 18.2 Å². The third-order valence-electron chi connectivity index (χ3n) is 3.06. The minimum absolute atomic E-state index is 0.443. The van der Waals surface area contributed by atoms with Crippen LogP contribution in [0, 0.1) is 0 Å². The van der Waals surface area contributed by atoms with Crippen molar-refractivity contribution in [3.8, 4) is 11.5 Å². The van der Waals surface area contributed by atoms with Gasteiger partial charge in [-0.05, 0) is 37.1 Å². The van der Waals surface area contributed by atoms with Crippen molar-refractivity contribution >= 4 is 0 Å². The third kappa shape index (κ3) is 2.90. The fraction of sp³-hybridized carbons (Fsp3) is 0.538. The standard InChI is InChI=1S/C13H21NO3/c1-4-13(15,7-8-14)10-5-6-11(16-2)12(9-10)17-3/h5-6,9,15H,4,7-8,14H2,1-3H3. The zero-order valence-corrected chi connectivity index (χ0v) is 10.7. The minimum Gasteiger partial charge on any atom is -0.493 e. The fourth-order valence-electron chi connectivity index (χ4n) is 1.89. The molecule has 0 fully saturated rings. The molecule has 0 amide bonds. The highest BCUT2D eigenvalue weighted by Gasteiger charge is 2.27. The molecule has 0 radical (unpaired) electrons. The smallest absolute Gasteiger partial charge is 0.161 e. The lowest BCUT2D eigenvalue weighted by atomic mass is 9.88. The Bertz CT molecular complexity index is 368. The number of rotatable bonds is 6. The van der Waals surface area contributed by atoms with E-state index in [0.29, 0.717) is 30.9 Å². The van der Waals surface area contributed by atoms with E-state index in [1.54, 1.807) is 26.4 Å². The maximum absolute atomic E-state index is 10.5. The van der Waals surface area contributed by atoms with Gasteiger partial charge in [0.15, 0.2) is 11.5 Å². The molecule has 1 atom stereocenters. The Balaban J connectivity index is 3.13. The highest BCUT2D eigenvalue weighted by Crippen LogP contribution is 2.35. The van der Waals surface area contributed by atoms with Gasteiger partial charge in [0, 0.05) is 0 Å². The van der Waals surface area contributed by atoms with Crippen molar-refractivity contribution in [1.29, 1.82) is 0 Å². The normalized spacial score (nSPS) is 14.2. The maximum atomic E-state index is 10.5. The van der Waals surface area contributed by atoms with Gasteiger partial charge in [-0.3, -0.25) is 0 Å². The molecule has 4 heteroatoms. The minimum atomic E-state index is -0.895. The van der Waals surface area contributed by atoms with Crippen LogP contribution in [0.3, 0.4) is 0 Å². The van der Waals surface area contributed by atoms with Crippen LogP contribution in [0.4, 0.5) is 0 Å². The zero-order chi connectivity index (χ0) is 12.9. The largest absolute Gasteiger partial charge is 0.493 e. The first kappa shape index (κ1) is 13.8. The number of aliphatic hydroxyl groups is 1. The molecule has 0 bridgehead atoms. The summed E-state index contributed by atoms with van der Waals surface area (Å²) in [5, 5.41) is 10.5. The van der Waals surface area contributed by atoms with E-state index in [1.165, 1.54) is 0 Å². The lowest BCUT2D eigenvalue weighted by Gasteiger charge is -2.27. The number of methoxy groups -OCH3 is 2. The molecular formula is C13H21NO3. The quantitative estimate of drug-likeness (QED) is 0.792. The van der Waals surface area contributed by atoms with Crippen LogP contribution in [0.5, 0.6) is 11.5 Å². The Morgan fingerprint density at radius 3 is 2.35 bits per heavy atom. The van der Waals surface area contributed by atoms with Crippen LogP contribution < -0.4 is 15.2 Å². The summed E-state index contributed by atoms with van der Waals surface area (Å²) in [6.45, 7) is 2.38. The van der Waals surface area contributed by atoms with Gasteiger partial charge in [-0.15, -0.1) is 0 Å². The Labute approximate surface area is 102 Å². The highest BCUT2D eigenvalue weighted by molar-refractivity contribution is 5.44. The summed E-state index contributed by atoms with van der Waals surface area (Å²) in [7, 11) is 3.17. The Kier molecular flexibility index (Phi) is 4.78. The highest BCUT2D eigenvalue weighted by atomic mass is 16.5. The van der Waals surface area contributed by atoms with Crippen molar-refractivity contribution in [3.05, 3.63) is 23.8 Å². The van der Waals surface area contributed by atoms with E-state index in [4.69, 9.17) is 15.2 Å². The Hall–Kier alpha value is -1.26. The summed E-state index contributed by atoms with van der Waals surface area (Å²) in [6, 6.07) is 5.45. The van der Waals surface area contributed by atoms with Crippen molar-refractivity contribution < 1.29 is 14.6 Å². The van der Waals surface area contributed by atoms with Gasteiger partial charge >= 0.3 is 0 Å². The molecular weight excluding hydrogens is 218 g/mol. The van der Waals surface area contributed by atoms with Crippen LogP contribution >= 0.6 is 0 Å². The molecule has 0 spiro atoms. The maximum Gasteiger partial charge on any atom is 0.161 e. The molecule has 1 aromatic carbocycles. The van der Waals surface area contributed by atoms with Gasteiger partial charge < -0.3 is 20.3 Å². The number of hydrogen-bond acceptors (Lipinski definition) is 4. The molecule has 0 heterocycles. The molecule has 96 valence electrons. The van der Waals surface area contributed by atoms with Gasteiger partial charge in [-0.1, -0.05) is 13.0 Å².